The zero-order chi connectivity index (χ0) is 26.9. The monoisotopic (exact) mass is 517 g/mol. The standard InChI is InChI=1S/C35H51NO2/c1-24(2)7-6-8-25(3)30-12-13-31-29-11-10-27-23-28(38-33(37)14-9-26-17-21-36-22-18-26)15-19-34(27,4)32(29)16-20-35(30,31)5/h9-10,14,17-18,21-22,24-25,28-32H,6-8,11-13,15-16,19-20,23H2,1-5H3/b14-9+. The Morgan fingerprint density at radius 3 is 2.61 bits per heavy atom. The smallest absolute Gasteiger partial charge is 0.331 e. The Labute approximate surface area is 231 Å². The van der Waals surface area contributed by atoms with Crippen LogP contribution in [0.4, 0.5) is 0 Å². The summed E-state index contributed by atoms with van der Waals surface area (Å²) in [5, 5.41) is 0. The van der Waals surface area contributed by atoms with Crippen LogP contribution in [-0.2, 0) is 9.53 Å². The van der Waals surface area contributed by atoms with Crippen molar-refractivity contribution < 1.29 is 9.53 Å². The van der Waals surface area contributed by atoms with Crippen molar-refractivity contribution in [1.29, 1.82) is 0 Å². The number of fused-ring (bicyclic) bond motifs is 5. The number of carbonyl (C=O) groups is 1. The molecule has 208 valence electrons. The van der Waals surface area contributed by atoms with E-state index in [9.17, 15) is 4.79 Å². The van der Waals surface area contributed by atoms with Crippen molar-refractivity contribution in [1.82, 2.24) is 4.98 Å². The Kier molecular flexibility index (Phi) is 8.22. The number of esters is 1. The molecule has 8 atom stereocenters. The van der Waals surface area contributed by atoms with Gasteiger partial charge < -0.3 is 4.74 Å². The van der Waals surface area contributed by atoms with Gasteiger partial charge in [-0.15, -0.1) is 0 Å². The Morgan fingerprint density at radius 1 is 1.05 bits per heavy atom. The summed E-state index contributed by atoms with van der Waals surface area (Å²) in [6, 6.07) is 3.79. The average molecular weight is 518 g/mol. The van der Waals surface area contributed by atoms with E-state index in [1.165, 1.54) is 51.4 Å². The molecule has 0 aromatic carbocycles. The summed E-state index contributed by atoms with van der Waals surface area (Å²) in [4.78, 5) is 16.6. The first-order valence-electron chi connectivity index (χ1n) is 15.7. The number of pyridine rings is 1. The van der Waals surface area contributed by atoms with Crippen LogP contribution in [0.3, 0.4) is 0 Å². The Bertz CT molecular complexity index is 1030. The third kappa shape index (κ3) is 5.41. The minimum atomic E-state index is -0.224. The van der Waals surface area contributed by atoms with Crippen LogP contribution in [0.15, 0.2) is 42.3 Å². The topological polar surface area (TPSA) is 39.2 Å². The number of carbonyl (C=O) groups excluding carboxylic acids is 1. The van der Waals surface area contributed by atoms with Gasteiger partial charge >= 0.3 is 5.97 Å². The zero-order valence-electron chi connectivity index (χ0n) is 24.6. The molecule has 0 radical (unpaired) electrons. The molecule has 1 heterocycles. The van der Waals surface area contributed by atoms with Gasteiger partial charge in [-0.1, -0.05) is 65.5 Å². The quantitative estimate of drug-likeness (QED) is 0.196. The van der Waals surface area contributed by atoms with E-state index in [0.717, 1.165) is 60.3 Å². The Balaban J connectivity index is 1.22. The van der Waals surface area contributed by atoms with E-state index in [1.54, 1.807) is 24.0 Å². The van der Waals surface area contributed by atoms with Gasteiger partial charge in [-0.3, -0.25) is 4.98 Å². The lowest BCUT2D eigenvalue weighted by molar-refractivity contribution is -0.145. The molecule has 0 N–H and O–H groups in total. The van der Waals surface area contributed by atoms with Crippen LogP contribution in [0.1, 0.15) is 111 Å². The van der Waals surface area contributed by atoms with Crippen LogP contribution < -0.4 is 0 Å². The largest absolute Gasteiger partial charge is 0.459 e. The molecule has 3 nitrogen and oxygen atoms in total. The number of hydrogen-bond donors (Lipinski definition) is 0. The third-order valence-corrected chi connectivity index (χ3v) is 11.7. The summed E-state index contributed by atoms with van der Waals surface area (Å²) in [5.74, 6) is 4.92. The first-order valence-corrected chi connectivity index (χ1v) is 15.7. The van der Waals surface area contributed by atoms with Gasteiger partial charge in [0, 0.05) is 24.9 Å². The van der Waals surface area contributed by atoms with E-state index >= 15 is 0 Å². The van der Waals surface area contributed by atoms with E-state index in [4.69, 9.17) is 4.74 Å². The lowest BCUT2D eigenvalue weighted by atomic mass is 9.47. The van der Waals surface area contributed by atoms with Crippen LogP contribution >= 0.6 is 0 Å². The van der Waals surface area contributed by atoms with Gasteiger partial charge in [0.1, 0.15) is 6.10 Å². The maximum Gasteiger partial charge on any atom is 0.331 e. The summed E-state index contributed by atoms with van der Waals surface area (Å²) in [7, 11) is 0. The predicted molar refractivity (Wildman–Crippen MR) is 156 cm³/mol. The van der Waals surface area contributed by atoms with Crippen LogP contribution in [0, 0.1) is 46.3 Å². The van der Waals surface area contributed by atoms with Gasteiger partial charge in [-0.05, 0) is 115 Å². The highest BCUT2D eigenvalue weighted by Gasteiger charge is 2.59. The maximum absolute atomic E-state index is 12.6. The van der Waals surface area contributed by atoms with Gasteiger partial charge in [0.05, 0.1) is 0 Å². The highest BCUT2D eigenvalue weighted by Crippen LogP contribution is 2.67. The lowest BCUT2D eigenvalue weighted by Crippen LogP contribution is -2.51. The number of allylic oxidation sites excluding steroid dienone is 1. The van der Waals surface area contributed by atoms with Crippen molar-refractivity contribution in [3.8, 4) is 0 Å². The maximum atomic E-state index is 12.6. The van der Waals surface area contributed by atoms with Crippen LogP contribution in [0.25, 0.3) is 6.08 Å². The molecule has 3 fully saturated rings. The second-order valence-corrected chi connectivity index (χ2v) is 14.2. The molecule has 0 spiro atoms. The van der Waals surface area contributed by atoms with Crippen LogP contribution in [0.5, 0.6) is 0 Å². The molecule has 0 aliphatic heterocycles. The van der Waals surface area contributed by atoms with E-state index in [2.05, 4.69) is 45.7 Å². The summed E-state index contributed by atoms with van der Waals surface area (Å²) in [6.45, 7) is 12.5. The number of aromatic nitrogens is 1. The van der Waals surface area contributed by atoms with E-state index in [0.29, 0.717) is 10.8 Å². The fraction of sp³-hybridized carbons (Fsp3) is 0.714. The second-order valence-electron chi connectivity index (χ2n) is 14.2. The van der Waals surface area contributed by atoms with Gasteiger partial charge in [0.15, 0.2) is 0 Å². The molecular weight excluding hydrogens is 466 g/mol. The molecule has 1 aromatic heterocycles. The van der Waals surface area contributed by atoms with Crippen LogP contribution in [0.2, 0.25) is 0 Å². The molecule has 3 saturated carbocycles. The van der Waals surface area contributed by atoms with Gasteiger partial charge in [-0.2, -0.15) is 0 Å². The van der Waals surface area contributed by atoms with Crippen molar-refractivity contribution >= 4 is 12.0 Å². The van der Waals surface area contributed by atoms with Crippen molar-refractivity contribution in [2.45, 2.75) is 111 Å². The molecule has 0 saturated heterocycles. The molecule has 38 heavy (non-hydrogen) atoms. The van der Waals surface area contributed by atoms with Gasteiger partial charge in [0.2, 0.25) is 0 Å². The molecule has 0 amide bonds. The number of nitrogens with zero attached hydrogens (tertiary/aromatic N) is 1. The zero-order valence-corrected chi connectivity index (χ0v) is 24.6. The van der Waals surface area contributed by atoms with E-state index in [1.807, 2.05) is 18.2 Å². The normalized spacial score (nSPS) is 37.3. The molecule has 4 aliphatic carbocycles. The highest BCUT2D eigenvalue weighted by atomic mass is 16.5. The first kappa shape index (κ1) is 27.7. The Hall–Kier alpha value is -1.90. The van der Waals surface area contributed by atoms with Crippen molar-refractivity contribution in [3.63, 3.8) is 0 Å². The summed E-state index contributed by atoms with van der Waals surface area (Å²) < 4.78 is 5.93. The lowest BCUT2D eigenvalue weighted by Gasteiger charge is -2.58. The fourth-order valence-electron chi connectivity index (χ4n) is 9.60. The number of rotatable bonds is 8. The molecule has 8 unspecified atom stereocenters. The van der Waals surface area contributed by atoms with Crippen molar-refractivity contribution in [3.05, 3.63) is 47.8 Å². The predicted octanol–water partition coefficient (Wildman–Crippen LogP) is 9.05. The molecule has 3 heteroatoms. The molecule has 1 aromatic rings. The van der Waals surface area contributed by atoms with Crippen molar-refractivity contribution in [2.24, 2.45) is 46.3 Å². The van der Waals surface area contributed by atoms with E-state index in [-0.39, 0.29) is 12.1 Å². The van der Waals surface area contributed by atoms with Crippen LogP contribution in [-0.4, -0.2) is 17.1 Å². The van der Waals surface area contributed by atoms with Gasteiger partial charge in [-0.25, -0.2) is 4.79 Å². The molecule has 0 bridgehead atoms. The highest BCUT2D eigenvalue weighted by molar-refractivity contribution is 5.87. The third-order valence-electron chi connectivity index (χ3n) is 11.7. The SMILES string of the molecule is CC(C)CCCC(C)C1CCC2C3CC=C4CC(OC(=O)/C=C/c5ccncc5)CCC4(C)C3CCC12C. The second kappa shape index (κ2) is 11.3. The Morgan fingerprint density at radius 2 is 1.84 bits per heavy atom. The molecule has 5 rings (SSSR count). The first-order chi connectivity index (χ1) is 18.2. The van der Waals surface area contributed by atoms with Crippen molar-refractivity contribution in [2.75, 3.05) is 0 Å². The number of ether oxygens (including phenoxy) is 1. The summed E-state index contributed by atoms with van der Waals surface area (Å²) in [6.07, 6.45) is 23.7. The summed E-state index contributed by atoms with van der Waals surface area (Å²) >= 11 is 0. The number of hydrogen-bond acceptors (Lipinski definition) is 3. The average Bonchev–Trinajstić information content (AvgIpc) is 3.25. The minimum Gasteiger partial charge on any atom is -0.459 e. The molecule has 4 aliphatic rings. The van der Waals surface area contributed by atoms with E-state index < -0.39 is 0 Å². The minimum absolute atomic E-state index is 0.0110. The fourth-order valence-corrected chi connectivity index (χ4v) is 9.60. The molecular formula is C35H51NO2. The summed E-state index contributed by atoms with van der Waals surface area (Å²) in [5.41, 5.74) is 3.38. The van der Waals surface area contributed by atoms with Gasteiger partial charge in [0.25, 0.3) is 0 Å².